The van der Waals surface area contributed by atoms with Gasteiger partial charge < -0.3 is 9.47 Å². The van der Waals surface area contributed by atoms with Crippen molar-refractivity contribution in [1.82, 2.24) is 0 Å². The average molecular weight is 212 g/mol. The molecular weight excluding hydrogens is 200 g/mol. The summed E-state index contributed by atoms with van der Waals surface area (Å²) < 4.78 is 10.4. The van der Waals surface area contributed by atoms with E-state index in [1.165, 1.54) is 0 Å². The van der Waals surface area contributed by atoms with E-state index >= 15 is 0 Å². The fourth-order valence-electron chi connectivity index (χ4n) is 1.46. The van der Waals surface area contributed by atoms with Gasteiger partial charge in [-0.2, -0.15) is 0 Å². The molecule has 1 saturated heterocycles. The van der Waals surface area contributed by atoms with Gasteiger partial charge in [-0.05, 0) is 18.4 Å². The van der Waals surface area contributed by atoms with E-state index in [2.05, 4.69) is 0 Å². The molecule has 0 N–H and O–H groups in total. The van der Waals surface area contributed by atoms with E-state index in [1.54, 1.807) is 11.3 Å². The molecule has 76 valence electrons. The molecule has 0 bridgehead atoms. The molecule has 14 heavy (non-hydrogen) atoms. The number of aryl methyl sites for hydroxylation is 1. The van der Waals surface area contributed by atoms with Crippen LogP contribution in [0.15, 0.2) is 11.4 Å². The summed E-state index contributed by atoms with van der Waals surface area (Å²) in [6, 6.07) is 1.86. The predicted octanol–water partition coefficient (Wildman–Crippen LogP) is 2.00. The number of ether oxygens (including phenoxy) is 2. The molecule has 3 nitrogen and oxygen atoms in total. The number of carbonyl (C=O) groups is 1. The monoisotopic (exact) mass is 212 g/mol. The lowest BCUT2D eigenvalue weighted by Crippen LogP contribution is -2.14. The highest BCUT2D eigenvalue weighted by molar-refractivity contribution is 7.10. The zero-order valence-corrected chi connectivity index (χ0v) is 8.80. The highest BCUT2D eigenvalue weighted by Gasteiger charge is 2.21. The molecule has 2 heterocycles. The molecular formula is C10H12O3S. The summed E-state index contributed by atoms with van der Waals surface area (Å²) in [5.41, 5.74) is 0.800. The van der Waals surface area contributed by atoms with Gasteiger partial charge >= 0.3 is 0 Å². The normalized spacial score (nSPS) is 17.5. The maximum absolute atomic E-state index is 11.7. The Bertz CT molecular complexity index is 326. The smallest absolute Gasteiger partial charge is 0.169 e. The summed E-state index contributed by atoms with van der Waals surface area (Å²) in [5, 5.41) is 1.93. The highest BCUT2D eigenvalue weighted by Crippen LogP contribution is 2.19. The van der Waals surface area contributed by atoms with Crippen molar-refractivity contribution in [2.75, 3.05) is 13.2 Å². The lowest BCUT2D eigenvalue weighted by atomic mass is 10.1. The summed E-state index contributed by atoms with van der Waals surface area (Å²) in [4.78, 5) is 12.8. The fourth-order valence-corrected chi connectivity index (χ4v) is 2.18. The van der Waals surface area contributed by atoms with E-state index in [0.29, 0.717) is 19.6 Å². The van der Waals surface area contributed by atoms with Crippen LogP contribution in [-0.4, -0.2) is 25.3 Å². The quantitative estimate of drug-likeness (QED) is 0.719. The summed E-state index contributed by atoms with van der Waals surface area (Å²) in [7, 11) is 0. The first kappa shape index (κ1) is 9.83. The van der Waals surface area contributed by atoms with Gasteiger partial charge in [0.05, 0.1) is 19.6 Å². The molecule has 0 aliphatic carbocycles. The van der Waals surface area contributed by atoms with Crippen LogP contribution in [0.25, 0.3) is 0 Å². The fraction of sp³-hybridized carbons (Fsp3) is 0.500. The maximum atomic E-state index is 11.7. The molecule has 0 saturated carbocycles. The van der Waals surface area contributed by atoms with Crippen LogP contribution in [0.1, 0.15) is 21.7 Å². The number of Topliss-reactive ketones (excluding diaryl/α,β-unsaturated/α-hetero) is 1. The van der Waals surface area contributed by atoms with Crippen LogP contribution >= 0.6 is 11.3 Å². The third kappa shape index (κ3) is 2.03. The average Bonchev–Trinajstić information content (AvgIpc) is 2.75. The first-order valence-corrected chi connectivity index (χ1v) is 5.46. The SMILES string of the molecule is Cc1sccc1C(=O)CC1OCCO1. The molecule has 0 aromatic carbocycles. The second kappa shape index (κ2) is 4.21. The molecule has 1 aliphatic heterocycles. The van der Waals surface area contributed by atoms with Crippen molar-refractivity contribution in [2.45, 2.75) is 19.6 Å². The van der Waals surface area contributed by atoms with Crippen molar-refractivity contribution in [3.63, 3.8) is 0 Å². The summed E-state index contributed by atoms with van der Waals surface area (Å²) in [6.07, 6.45) is -0.000741. The zero-order valence-electron chi connectivity index (χ0n) is 7.99. The van der Waals surface area contributed by atoms with Crippen molar-refractivity contribution in [2.24, 2.45) is 0 Å². The lowest BCUT2D eigenvalue weighted by Gasteiger charge is -2.07. The van der Waals surface area contributed by atoms with Crippen molar-refractivity contribution in [1.29, 1.82) is 0 Å². The van der Waals surface area contributed by atoms with Gasteiger partial charge in [-0.1, -0.05) is 0 Å². The van der Waals surface area contributed by atoms with Gasteiger partial charge in [-0.3, -0.25) is 4.79 Å². The van der Waals surface area contributed by atoms with E-state index in [1.807, 2.05) is 18.4 Å². The third-order valence-electron chi connectivity index (χ3n) is 2.20. The Hall–Kier alpha value is -0.710. The van der Waals surface area contributed by atoms with Gasteiger partial charge in [0.25, 0.3) is 0 Å². The minimum absolute atomic E-state index is 0.107. The van der Waals surface area contributed by atoms with Crippen molar-refractivity contribution < 1.29 is 14.3 Å². The Morgan fingerprint density at radius 1 is 1.57 bits per heavy atom. The third-order valence-corrected chi connectivity index (χ3v) is 3.05. The lowest BCUT2D eigenvalue weighted by molar-refractivity contribution is -0.0407. The minimum Gasteiger partial charge on any atom is -0.350 e. The molecule has 0 spiro atoms. The topological polar surface area (TPSA) is 35.5 Å². The largest absolute Gasteiger partial charge is 0.350 e. The van der Waals surface area contributed by atoms with Crippen LogP contribution in [0, 0.1) is 6.92 Å². The van der Waals surface area contributed by atoms with E-state index in [4.69, 9.17) is 9.47 Å². The van der Waals surface area contributed by atoms with Crippen LogP contribution in [0.5, 0.6) is 0 Å². The van der Waals surface area contributed by atoms with E-state index in [0.717, 1.165) is 10.4 Å². The second-order valence-electron chi connectivity index (χ2n) is 3.19. The van der Waals surface area contributed by atoms with Gasteiger partial charge in [0, 0.05) is 10.4 Å². The molecule has 4 heteroatoms. The van der Waals surface area contributed by atoms with Crippen molar-refractivity contribution >= 4 is 17.1 Å². The molecule has 2 rings (SSSR count). The number of rotatable bonds is 3. The summed E-state index contributed by atoms with van der Waals surface area (Å²) in [6.45, 7) is 3.15. The first-order valence-electron chi connectivity index (χ1n) is 4.58. The Labute approximate surface area is 86.6 Å². The van der Waals surface area contributed by atoms with Crippen LogP contribution < -0.4 is 0 Å². The standard InChI is InChI=1S/C10H12O3S/c1-7-8(2-5-14-7)9(11)6-10-12-3-4-13-10/h2,5,10H,3-4,6H2,1H3. The Kier molecular flexibility index (Phi) is 2.96. The molecule has 0 amide bonds. The Balaban J connectivity index is 1.98. The summed E-state index contributed by atoms with van der Waals surface area (Å²) in [5.74, 6) is 0.107. The molecule has 1 aromatic heterocycles. The molecule has 0 unspecified atom stereocenters. The van der Waals surface area contributed by atoms with E-state index < -0.39 is 0 Å². The zero-order chi connectivity index (χ0) is 9.97. The number of carbonyl (C=O) groups excluding carboxylic acids is 1. The maximum Gasteiger partial charge on any atom is 0.169 e. The molecule has 0 atom stereocenters. The Morgan fingerprint density at radius 2 is 2.29 bits per heavy atom. The van der Waals surface area contributed by atoms with Crippen LogP contribution in [0.4, 0.5) is 0 Å². The number of thiophene rings is 1. The van der Waals surface area contributed by atoms with Crippen molar-refractivity contribution in [3.8, 4) is 0 Å². The van der Waals surface area contributed by atoms with Crippen LogP contribution in [0.2, 0.25) is 0 Å². The van der Waals surface area contributed by atoms with Gasteiger partial charge in [0.1, 0.15) is 0 Å². The van der Waals surface area contributed by atoms with Gasteiger partial charge in [0.15, 0.2) is 12.1 Å². The van der Waals surface area contributed by atoms with E-state index in [9.17, 15) is 4.79 Å². The minimum atomic E-state index is -0.332. The van der Waals surface area contributed by atoms with Gasteiger partial charge in [-0.15, -0.1) is 11.3 Å². The highest BCUT2D eigenvalue weighted by atomic mass is 32.1. The number of hydrogen-bond donors (Lipinski definition) is 0. The predicted molar refractivity (Wildman–Crippen MR) is 53.7 cm³/mol. The van der Waals surface area contributed by atoms with Crippen LogP contribution in [-0.2, 0) is 9.47 Å². The Morgan fingerprint density at radius 3 is 2.86 bits per heavy atom. The molecule has 1 aromatic rings. The molecule has 0 radical (unpaired) electrons. The van der Waals surface area contributed by atoms with Gasteiger partial charge in [0.2, 0.25) is 0 Å². The number of hydrogen-bond acceptors (Lipinski definition) is 4. The summed E-state index contributed by atoms with van der Waals surface area (Å²) >= 11 is 1.59. The van der Waals surface area contributed by atoms with Crippen molar-refractivity contribution in [3.05, 3.63) is 21.9 Å². The van der Waals surface area contributed by atoms with E-state index in [-0.39, 0.29) is 12.1 Å². The van der Waals surface area contributed by atoms with Crippen LogP contribution in [0.3, 0.4) is 0 Å². The molecule has 1 aliphatic rings. The molecule has 1 fully saturated rings. The second-order valence-corrected chi connectivity index (χ2v) is 4.31. The number of ketones is 1. The first-order chi connectivity index (χ1) is 6.77. The van der Waals surface area contributed by atoms with Gasteiger partial charge in [-0.25, -0.2) is 0 Å².